The topological polar surface area (TPSA) is 49.8 Å². The standard InChI is InChI=1S/C17H24FNO3/c1-17(8-10-20)16(12-21)19(15(11-18)13-22-17)9-7-14-5-3-2-4-6-14/h2-6,12,15-16,20H,7-11,13H2,1H3. The average Bonchev–Trinajstić information content (AvgIpc) is 2.54. The highest BCUT2D eigenvalue weighted by Gasteiger charge is 2.45. The molecule has 0 aromatic heterocycles. The molecule has 0 aliphatic carbocycles. The number of hydrogen-bond acceptors (Lipinski definition) is 4. The lowest BCUT2D eigenvalue weighted by Crippen LogP contribution is -2.64. The Kier molecular flexibility index (Phi) is 6.06. The van der Waals surface area contributed by atoms with E-state index >= 15 is 0 Å². The van der Waals surface area contributed by atoms with Gasteiger partial charge in [0.1, 0.15) is 13.0 Å². The minimum atomic E-state index is -0.765. The summed E-state index contributed by atoms with van der Waals surface area (Å²) < 4.78 is 19.0. The predicted molar refractivity (Wildman–Crippen MR) is 82.5 cm³/mol. The van der Waals surface area contributed by atoms with Gasteiger partial charge in [-0.2, -0.15) is 0 Å². The molecule has 1 N–H and O–H groups in total. The number of alkyl halides is 1. The van der Waals surface area contributed by atoms with Crippen molar-refractivity contribution >= 4 is 6.29 Å². The van der Waals surface area contributed by atoms with Crippen LogP contribution in [0.25, 0.3) is 0 Å². The van der Waals surface area contributed by atoms with Crippen LogP contribution in [0.2, 0.25) is 0 Å². The van der Waals surface area contributed by atoms with Crippen molar-refractivity contribution in [2.75, 3.05) is 26.4 Å². The van der Waals surface area contributed by atoms with Crippen molar-refractivity contribution < 1.29 is 19.0 Å². The molecule has 0 spiro atoms. The average molecular weight is 309 g/mol. The Hall–Kier alpha value is -1.30. The number of carbonyl (C=O) groups excluding carboxylic acids is 1. The van der Waals surface area contributed by atoms with Crippen molar-refractivity contribution in [2.45, 2.75) is 37.5 Å². The van der Waals surface area contributed by atoms with E-state index in [1.807, 2.05) is 42.2 Å². The molecule has 1 aromatic carbocycles. The van der Waals surface area contributed by atoms with Gasteiger partial charge in [0.25, 0.3) is 0 Å². The summed E-state index contributed by atoms with van der Waals surface area (Å²) >= 11 is 0. The Labute approximate surface area is 130 Å². The van der Waals surface area contributed by atoms with Gasteiger partial charge >= 0.3 is 0 Å². The van der Waals surface area contributed by atoms with Gasteiger partial charge in [0, 0.05) is 19.6 Å². The summed E-state index contributed by atoms with van der Waals surface area (Å²) in [6.07, 6.45) is 1.93. The fraction of sp³-hybridized carbons (Fsp3) is 0.588. The maximum Gasteiger partial charge on any atom is 0.140 e. The number of aliphatic hydroxyl groups excluding tert-OH is 1. The molecule has 5 heteroatoms. The molecule has 1 aliphatic heterocycles. The Morgan fingerprint density at radius 1 is 1.45 bits per heavy atom. The van der Waals surface area contributed by atoms with E-state index in [-0.39, 0.29) is 13.2 Å². The zero-order valence-electron chi connectivity index (χ0n) is 13.0. The van der Waals surface area contributed by atoms with Crippen LogP contribution in [-0.4, -0.2) is 60.4 Å². The van der Waals surface area contributed by atoms with Crippen LogP contribution < -0.4 is 0 Å². The number of halogens is 1. The van der Waals surface area contributed by atoms with Gasteiger partial charge in [0.15, 0.2) is 0 Å². The van der Waals surface area contributed by atoms with Crippen molar-refractivity contribution in [1.82, 2.24) is 4.90 Å². The molecule has 3 atom stereocenters. The molecule has 2 rings (SSSR count). The smallest absolute Gasteiger partial charge is 0.140 e. The number of aliphatic hydroxyl groups is 1. The molecular weight excluding hydrogens is 285 g/mol. The fourth-order valence-corrected chi connectivity index (χ4v) is 3.07. The first-order valence-corrected chi connectivity index (χ1v) is 7.70. The second-order valence-corrected chi connectivity index (χ2v) is 5.96. The van der Waals surface area contributed by atoms with Crippen LogP contribution >= 0.6 is 0 Å². The van der Waals surface area contributed by atoms with Crippen LogP contribution in [0, 0.1) is 0 Å². The van der Waals surface area contributed by atoms with E-state index in [9.17, 15) is 14.3 Å². The zero-order chi connectivity index (χ0) is 16.0. The van der Waals surface area contributed by atoms with Crippen molar-refractivity contribution in [3.63, 3.8) is 0 Å². The van der Waals surface area contributed by atoms with Gasteiger partial charge in [-0.1, -0.05) is 30.3 Å². The van der Waals surface area contributed by atoms with Crippen molar-refractivity contribution in [3.8, 4) is 0 Å². The summed E-state index contributed by atoms with van der Waals surface area (Å²) in [5, 5.41) is 9.23. The van der Waals surface area contributed by atoms with E-state index in [4.69, 9.17) is 4.74 Å². The highest BCUT2D eigenvalue weighted by molar-refractivity contribution is 5.60. The summed E-state index contributed by atoms with van der Waals surface area (Å²) in [5.74, 6) is 0. The molecule has 1 heterocycles. The number of ether oxygens (including phenoxy) is 1. The van der Waals surface area contributed by atoms with Gasteiger partial charge in [-0.15, -0.1) is 0 Å². The number of benzene rings is 1. The minimum Gasteiger partial charge on any atom is -0.396 e. The number of carbonyl (C=O) groups is 1. The van der Waals surface area contributed by atoms with Gasteiger partial charge in [-0.25, -0.2) is 4.39 Å². The molecule has 4 nitrogen and oxygen atoms in total. The first-order chi connectivity index (χ1) is 10.6. The predicted octanol–water partition coefficient (Wildman–Crippen LogP) is 1.61. The maximum atomic E-state index is 13.3. The first-order valence-electron chi connectivity index (χ1n) is 7.70. The van der Waals surface area contributed by atoms with Crippen LogP contribution in [0.3, 0.4) is 0 Å². The molecule has 0 radical (unpaired) electrons. The van der Waals surface area contributed by atoms with Crippen molar-refractivity contribution in [1.29, 1.82) is 0 Å². The van der Waals surface area contributed by atoms with Gasteiger partial charge in [0.05, 0.1) is 24.3 Å². The van der Waals surface area contributed by atoms with Crippen LogP contribution in [0.1, 0.15) is 18.9 Å². The molecule has 3 unspecified atom stereocenters. The van der Waals surface area contributed by atoms with Crippen LogP contribution in [-0.2, 0) is 16.0 Å². The summed E-state index contributed by atoms with van der Waals surface area (Å²) in [5.41, 5.74) is 0.388. The van der Waals surface area contributed by atoms with E-state index in [0.29, 0.717) is 13.0 Å². The van der Waals surface area contributed by atoms with E-state index in [1.165, 1.54) is 0 Å². The molecule has 122 valence electrons. The quantitative estimate of drug-likeness (QED) is 0.778. The fourth-order valence-electron chi connectivity index (χ4n) is 3.07. The summed E-state index contributed by atoms with van der Waals surface area (Å²) in [7, 11) is 0. The first kappa shape index (κ1) is 17.1. The van der Waals surface area contributed by atoms with E-state index < -0.39 is 24.4 Å². The summed E-state index contributed by atoms with van der Waals surface area (Å²) in [6, 6.07) is 8.97. The zero-order valence-corrected chi connectivity index (χ0v) is 13.0. The second-order valence-electron chi connectivity index (χ2n) is 5.96. The largest absolute Gasteiger partial charge is 0.396 e. The third kappa shape index (κ3) is 3.72. The molecule has 0 bridgehead atoms. The maximum absolute atomic E-state index is 13.3. The van der Waals surface area contributed by atoms with Crippen molar-refractivity contribution in [2.24, 2.45) is 0 Å². The second kappa shape index (κ2) is 7.81. The Morgan fingerprint density at radius 3 is 2.77 bits per heavy atom. The Morgan fingerprint density at radius 2 is 2.18 bits per heavy atom. The number of hydrogen-bond donors (Lipinski definition) is 1. The van der Waals surface area contributed by atoms with Crippen LogP contribution in [0.4, 0.5) is 4.39 Å². The number of nitrogens with zero attached hydrogens (tertiary/aromatic N) is 1. The Bertz CT molecular complexity index is 470. The molecule has 1 saturated heterocycles. The molecule has 1 aromatic rings. The summed E-state index contributed by atoms with van der Waals surface area (Å²) in [6.45, 7) is 2.03. The van der Waals surface area contributed by atoms with E-state index in [0.717, 1.165) is 18.3 Å². The summed E-state index contributed by atoms with van der Waals surface area (Å²) in [4.78, 5) is 13.5. The SMILES string of the molecule is CC1(CCO)OCC(CF)N(CCc2ccccc2)C1C=O. The lowest BCUT2D eigenvalue weighted by Gasteiger charge is -2.49. The third-order valence-corrected chi connectivity index (χ3v) is 4.47. The third-order valence-electron chi connectivity index (χ3n) is 4.47. The van der Waals surface area contributed by atoms with Crippen LogP contribution in [0.5, 0.6) is 0 Å². The molecule has 0 saturated carbocycles. The normalized spacial score (nSPS) is 29.4. The Balaban J connectivity index is 2.13. The highest BCUT2D eigenvalue weighted by Crippen LogP contribution is 2.30. The number of morpholine rings is 1. The molecule has 22 heavy (non-hydrogen) atoms. The lowest BCUT2D eigenvalue weighted by atomic mass is 9.89. The lowest BCUT2D eigenvalue weighted by molar-refractivity contribution is -0.172. The monoisotopic (exact) mass is 309 g/mol. The molecule has 1 aliphatic rings. The van der Waals surface area contributed by atoms with Gasteiger partial charge in [0.2, 0.25) is 0 Å². The molecular formula is C17H24FNO3. The minimum absolute atomic E-state index is 0.0618. The van der Waals surface area contributed by atoms with E-state index in [2.05, 4.69) is 0 Å². The van der Waals surface area contributed by atoms with E-state index in [1.54, 1.807) is 0 Å². The number of rotatable bonds is 7. The van der Waals surface area contributed by atoms with Gasteiger partial charge in [-0.05, 0) is 18.9 Å². The van der Waals surface area contributed by atoms with Crippen LogP contribution in [0.15, 0.2) is 30.3 Å². The van der Waals surface area contributed by atoms with Gasteiger partial charge < -0.3 is 14.6 Å². The highest BCUT2D eigenvalue weighted by atomic mass is 19.1. The molecule has 1 fully saturated rings. The van der Waals surface area contributed by atoms with Crippen molar-refractivity contribution in [3.05, 3.63) is 35.9 Å². The molecule has 0 amide bonds. The van der Waals surface area contributed by atoms with Gasteiger partial charge in [-0.3, -0.25) is 4.90 Å². The number of aldehydes is 1.